The number of anilines is 1. The maximum absolute atomic E-state index is 12.9. The molecule has 0 saturated heterocycles. The Morgan fingerprint density at radius 2 is 1.78 bits per heavy atom. The summed E-state index contributed by atoms with van der Waals surface area (Å²) < 4.78 is 38.3. The molecule has 27 heavy (non-hydrogen) atoms. The smallest absolute Gasteiger partial charge is 0.339 e. The van der Waals surface area contributed by atoms with Crippen molar-refractivity contribution in [2.24, 2.45) is 0 Å². The van der Waals surface area contributed by atoms with Gasteiger partial charge in [0.2, 0.25) is 0 Å². The Kier molecular flexibility index (Phi) is 5.10. The van der Waals surface area contributed by atoms with E-state index < -0.39 is 26.9 Å². The molecule has 1 heterocycles. The van der Waals surface area contributed by atoms with Crippen molar-refractivity contribution >= 4 is 49.2 Å². The van der Waals surface area contributed by atoms with Gasteiger partial charge in [-0.1, -0.05) is 0 Å². The zero-order valence-electron chi connectivity index (χ0n) is 14.3. The number of aromatic nitrogens is 1. The Morgan fingerprint density at radius 1 is 1.04 bits per heavy atom. The molecule has 0 saturated carbocycles. The van der Waals surface area contributed by atoms with E-state index in [0.717, 1.165) is 17.9 Å². The molecule has 8 nitrogen and oxygen atoms in total. The first kappa shape index (κ1) is 18.8. The number of nitrogens with zero attached hydrogens (tertiary/aromatic N) is 1. The van der Waals surface area contributed by atoms with E-state index in [1.807, 2.05) is 0 Å². The summed E-state index contributed by atoms with van der Waals surface area (Å²) in [5.74, 6) is -1.58. The van der Waals surface area contributed by atoms with Crippen LogP contribution in [0.2, 0.25) is 0 Å². The molecule has 140 valence electrons. The van der Waals surface area contributed by atoms with Crippen LogP contribution in [0.4, 0.5) is 5.69 Å². The van der Waals surface area contributed by atoms with Crippen LogP contribution in [0.1, 0.15) is 20.7 Å². The van der Waals surface area contributed by atoms with Crippen molar-refractivity contribution in [3.8, 4) is 0 Å². The van der Waals surface area contributed by atoms with E-state index in [1.165, 1.54) is 30.6 Å². The number of methoxy groups -OCH3 is 2. The Morgan fingerprint density at radius 3 is 2.48 bits per heavy atom. The second kappa shape index (κ2) is 7.33. The quantitative estimate of drug-likeness (QED) is 0.648. The molecule has 0 aliphatic rings. The van der Waals surface area contributed by atoms with Gasteiger partial charge in [0.1, 0.15) is 4.90 Å². The van der Waals surface area contributed by atoms with E-state index in [0.29, 0.717) is 5.52 Å². The minimum Gasteiger partial charge on any atom is -0.465 e. The van der Waals surface area contributed by atoms with Gasteiger partial charge in [-0.25, -0.2) is 23.0 Å². The Balaban J connectivity index is 2.07. The highest BCUT2D eigenvalue weighted by molar-refractivity contribution is 7.92. The summed E-state index contributed by atoms with van der Waals surface area (Å²) in [4.78, 5) is 27.5. The van der Waals surface area contributed by atoms with E-state index in [2.05, 4.69) is 19.2 Å². The first-order valence-corrected chi connectivity index (χ1v) is 9.89. The Labute approximate surface area is 158 Å². The molecule has 0 spiro atoms. The van der Waals surface area contributed by atoms with Crippen molar-refractivity contribution in [3.63, 3.8) is 0 Å². The monoisotopic (exact) mass is 406 g/mol. The number of carbonyl (C=O) groups excluding carboxylic acids is 2. The maximum Gasteiger partial charge on any atom is 0.339 e. The normalized spacial score (nSPS) is 11.2. The largest absolute Gasteiger partial charge is 0.465 e. The molecular weight excluding hydrogens is 392 g/mol. The maximum atomic E-state index is 12.9. The van der Waals surface area contributed by atoms with Gasteiger partial charge >= 0.3 is 11.9 Å². The number of fused-ring (bicyclic) bond motifs is 1. The average Bonchev–Trinajstić information content (AvgIpc) is 3.13. The number of esters is 2. The number of nitrogens with one attached hydrogen (secondary N) is 1. The number of hydrogen-bond acceptors (Lipinski definition) is 8. The van der Waals surface area contributed by atoms with Gasteiger partial charge in [-0.05, 0) is 36.4 Å². The third-order valence-electron chi connectivity index (χ3n) is 3.68. The van der Waals surface area contributed by atoms with Crippen molar-refractivity contribution in [1.29, 1.82) is 0 Å². The number of carbonyl (C=O) groups is 2. The van der Waals surface area contributed by atoms with Gasteiger partial charge in [0.05, 0.1) is 46.8 Å². The molecule has 0 aliphatic heterocycles. The summed E-state index contributed by atoms with van der Waals surface area (Å²) in [5, 5.41) is 0. The number of ether oxygens (including phenoxy) is 2. The van der Waals surface area contributed by atoms with Crippen molar-refractivity contribution < 1.29 is 27.5 Å². The first-order valence-electron chi connectivity index (χ1n) is 7.52. The topological polar surface area (TPSA) is 112 Å². The molecule has 10 heteroatoms. The van der Waals surface area contributed by atoms with Gasteiger partial charge < -0.3 is 9.47 Å². The second-order valence-electron chi connectivity index (χ2n) is 5.33. The summed E-state index contributed by atoms with van der Waals surface area (Å²) in [6, 6.07) is 8.46. The van der Waals surface area contributed by atoms with Crippen LogP contribution in [0.15, 0.2) is 46.8 Å². The lowest BCUT2D eigenvalue weighted by Crippen LogP contribution is -2.18. The highest BCUT2D eigenvalue weighted by Gasteiger charge is 2.25. The molecule has 0 atom stereocenters. The summed E-state index contributed by atoms with van der Waals surface area (Å²) in [6.45, 7) is 0. The van der Waals surface area contributed by atoms with E-state index >= 15 is 0 Å². The van der Waals surface area contributed by atoms with Crippen molar-refractivity contribution in [2.75, 3.05) is 18.9 Å². The lowest BCUT2D eigenvalue weighted by atomic mass is 10.1. The van der Waals surface area contributed by atoms with Crippen molar-refractivity contribution in [1.82, 2.24) is 4.98 Å². The molecule has 1 aromatic heterocycles. The van der Waals surface area contributed by atoms with Gasteiger partial charge in [-0.3, -0.25) is 4.72 Å². The minimum absolute atomic E-state index is 0.0134. The van der Waals surface area contributed by atoms with E-state index in [9.17, 15) is 18.0 Å². The third kappa shape index (κ3) is 3.76. The molecule has 0 amide bonds. The van der Waals surface area contributed by atoms with Gasteiger partial charge in [0.15, 0.2) is 0 Å². The standard InChI is InChI=1S/C17H14N2O6S2/c1-24-16(20)10-3-5-12(17(21)25-2)15(7-10)27(22,23)19-11-4-6-14-13(8-11)18-9-26-14/h3-9,19H,1-2H3. The van der Waals surface area contributed by atoms with Crippen LogP contribution in [-0.2, 0) is 19.5 Å². The van der Waals surface area contributed by atoms with Crippen LogP contribution in [0.5, 0.6) is 0 Å². The molecule has 0 radical (unpaired) electrons. The molecule has 1 N–H and O–H groups in total. The molecule has 0 unspecified atom stereocenters. The van der Waals surface area contributed by atoms with E-state index in [-0.39, 0.29) is 16.8 Å². The Hall–Kier alpha value is -2.98. The summed E-state index contributed by atoms with van der Waals surface area (Å²) >= 11 is 1.43. The van der Waals surface area contributed by atoms with Crippen LogP contribution in [-0.4, -0.2) is 39.6 Å². The van der Waals surface area contributed by atoms with Crippen LogP contribution < -0.4 is 4.72 Å². The highest BCUT2D eigenvalue weighted by atomic mass is 32.2. The lowest BCUT2D eigenvalue weighted by Gasteiger charge is -2.12. The predicted molar refractivity (Wildman–Crippen MR) is 99.5 cm³/mol. The minimum atomic E-state index is -4.20. The van der Waals surface area contributed by atoms with Gasteiger partial charge in [0.25, 0.3) is 10.0 Å². The van der Waals surface area contributed by atoms with Crippen molar-refractivity contribution in [2.45, 2.75) is 4.90 Å². The summed E-state index contributed by atoms with van der Waals surface area (Å²) in [5.41, 5.74) is 2.34. The zero-order chi connectivity index (χ0) is 19.6. The highest BCUT2D eigenvalue weighted by Crippen LogP contribution is 2.26. The average molecular weight is 406 g/mol. The fourth-order valence-electron chi connectivity index (χ4n) is 2.40. The fraction of sp³-hybridized carbons (Fsp3) is 0.118. The molecule has 2 aromatic carbocycles. The van der Waals surface area contributed by atoms with E-state index in [1.54, 1.807) is 23.7 Å². The van der Waals surface area contributed by atoms with E-state index in [4.69, 9.17) is 0 Å². The van der Waals surface area contributed by atoms with Gasteiger partial charge in [-0.2, -0.15) is 0 Å². The van der Waals surface area contributed by atoms with Gasteiger partial charge in [0, 0.05) is 0 Å². The molecule has 0 fully saturated rings. The number of sulfonamides is 1. The van der Waals surface area contributed by atoms with Crippen molar-refractivity contribution in [3.05, 3.63) is 53.0 Å². The number of rotatable bonds is 5. The lowest BCUT2D eigenvalue weighted by molar-refractivity contribution is 0.0583. The second-order valence-corrected chi connectivity index (χ2v) is 7.87. The SMILES string of the molecule is COC(=O)c1ccc(C(=O)OC)c(S(=O)(=O)Nc2ccc3scnc3c2)c1. The fourth-order valence-corrected chi connectivity index (χ4v) is 4.33. The van der Waals surface area contributed by atoms with Crippen LogP contribution >= 0.6 is 11.3 Å². The molecule has 3 aromatic rings. The van der Waals surface area contributed by atoms with Crippen LogP contribution in [0.3, 0.4) is 0 Å². The Bertz CT molecular complexity index is 1140. The predicted octanol–water partition coefficient (Wildman–Crippen LogP) is 2.67. The number of thiazole rings is 1. The number of hydrogen-bond donors (Lipinski definition) is 1. The van der Waals surface area contributed by atoms with Crippen LogP contribution in [0, 0.1) is 0 Å². The summed E-state index contributed by atoms with van der Waals surface area (Å²) in [7, 11) is -1.89. The third-order valence-corrected chi connectivity index (χ3v) is 5.91. The van der Waals surface area contributed by atoms with Crippen LogP contribution in [0.25, 0.3) is 10.2 Å². The zero-order valence-corrected chi connectivity index (χ0v) is 15.9. The molecule has 0 bridgehead atoms. The molecule has 3 rings (SSSR count). The first-order chi connectivity index (χ1) is 12.9. The molecular formula is C17H14N2O6S2. The number of benzene rings is 2. The summed E-state index contributed by atoms with van der Waals surface area (Å²) in [6.07, 6.45) is 0. The molecule has 0 aliphatic carbocycles. The van der Waals surface area contributed by atoms with Gasteiger partial charge in [-0.15, -0.1) is 11.3 Å².